The van der Waals surface area contributed by atoms with E-state index in [0.717, 1.165) is 64.2 Å². The van der Waals surface area contributed by atoms with Crippen molar-refractivity contribution in [3.8, 4) is 0 Å². The Morgan fingerprint density at radius 2 is 1.06 bits per heavy atom. The van der Waals surface area contributed by atoms with E-state index in [1.807, 2.05) is 0 Å². The Labute approximate surface area is 383 Å². The fraction of sp³-hybridized carbons (Fsp3) is 0.860. The number of rotatable bonds is 44. The number of hydrogen-bond acceptors (Lipinski definition) is 11. The summed E-state index contributed by atoms with van der Waals surface area (Å²) >= 11 is 0. The maximum Gasteiger partial charge on any atom is 0.397 e. The summed E-state index contributed by atoms with van der Waals surface area (Å²) in [7, 11) is -5.06. The summed E-state index contributed by atoms with van der Waals surface area (Å²) in [6.07, 6.45) is 40.4. The van der Waals surface area contributed by atoms with Gasteiger partial charge in [0, 0.05) is 13.0 Å². The van der Waals surface area contributed by atoms with Gasteiger partial charge in [0.2, 0.25) is 0 Å². The third-order valence-electron chi connectivity index (χ3n) is 11.5. The third kappa shape index (κ3) is 35.2. The highest BCUT2D eigenvalue weighted by Gasteiger charge is 2.48. The first-order chi connectivity index (χ1) is 30.6. The average molecular weight is 917 g/mol. The van der Waals surface area contributed by atoms with Gasteiger partial charge < -0.3 is 34.3 Å². The first kappa shape index (κ1) is 59.3. The van der Waals surface area contributed by atoms with Crippen LogP contribution in [-0.2, 0) is 38.3 Å². The minimum absolute atomic E-state index is 0.0304. The van der Waals surface area contributed by atoms with Gasteiger partial charge in [-0.05, 0) is 64.2 Å². The van der Waals surface area contributed by atoms with Crippen LogP contribution in [0.5, 0.6) is 0 Å². The Kier molecular flexibility index (Phi) is 39.3. The highest BCUT2D eigenvalue weighted by molar-refractivity contribution is 7.80. The van der Waals surface area contributed by atoms with Crippen LogP contribution in [0.4, 0.5) is 0 Å². The second-order valence-electron chi connectivity index (χ2n) is 17.4. The van der Waals surface area contributed by atoms with Crippen LogP contribution in [0.3, 0.4) is 0 Å². The average Bonchev–Trinajstić information content (AvgIpc) is 3.26. The Bertz CT molecular complexity index is 1240. The summed E-state index contributed by atoms with van der Waals surface area (Å²) in [5, 5.41) is 30.7. The smallest absolute Gasteiger partial charge is 0.397 e. The van der Waals surface area contributed by atoms with Crippen LogP contribution in [0.1, 0.15) is 213 Å². The number of allylic oxidation sites excluding steroid dienone is 6. The van der Waals surface area contributed by atoms with Gasteiger partial charge in [0.15, 0.2) is 6.29 Å². The van der Waals surface area contributed by atoms with E-state index in [9.17, 15) is 33.1 Å². The highest BCUT2D eigenvalue weighted by Crippen LogP contribution is 2.26. The summed E-state index contributed by atoms with van der Waals surface area (Å²) < 4.78 is 59.2. The molecule has 6 atom stereocenters. The lowest BCUT2D eigenvalue weighted by molar-refractivity contribution is -0.301. The first-order valence-electron chi connectivity index (χ1n) is 25.2. The number of unbranched alkanes of at least 4 members (excludes halogenated alkanes) is 25. The molecule has 1 saturated heterocycles. The number of carbonyl (C=O) groups excluding carboxylic acids is 1. The number of hydrogen-bond donors (Lipinski definition) is 4. The molecule has 0 saturated carbocycles. The molecule has 1 aliphatic rings. The topological polar surface area (TPSA) is 178 Å². The van der Waals surface area contributed by atoms with Crippen molar-refractivity contribution in [1.82, 2.24) is 0 Å². The molecule has 0 aromatic carbocycles. The molecule has 1 aliphatic heterocycles. The second-order valence-corrected chi connectivity index (χ2v) is 18.4. The number of carbonyl (C=O) groups is 1. The Balaban J connectivity index is 2.35. The van der Waals surface area contributed by atoms with Crippen LogP contribution < -0.4 is 0 Å². The maximum atomic E-state index is 12.9. The van der Waals surface area contributed by atoms with Crippen LogP contribution in [0.2, 0.25) is 0 Å². The largest absolute Gasteiger partial charge is 0.457 e. The number of aliphatic hydroxyl groups is 3. The lowest BCUT2D eigenvalue weighted by atomic mass is 9.99. The molecule has 0 spiro atoms. The molecule has 370 valence electrons. The van der Waals surface area contributed by atoms with Crippen LogP contribution >= 0.6 is 0 Å². The second kappa shape index (κ2) is 41.7. The standard InChI is InChI=1S/C50H92O12S/c1-3-5-7-9-11-13-15-17-19-20-21-22-23-24-25-26-28-30-32-34-36-38-40-58-42-44(43-59-50-48(54)49(62-63(55,56)57)47(53)45(41-51)61-50)60-46(52)39-37-35-33-31-29-27-18-16-14-12-10-8-6-4-2/h10,12,16,18,20-21,44-45,47-51,53-54H,3-9,11,13-15,17,19,22-43H2,1-2H3,(H,55,56,57)/b12-10-,18-16-,21-20-. The molecule has 4 N–H and O–H groups in total. The molecule has 6 unspecified atom stereocenters. The summed E-state index contributed by atoms with van der Waals surface area (Å²) in [5.41, 5.74) is 0. The van der Waals surface area contributed by atoms with Gasteiger partial charge in [-0.2, -0.15) is 8.42 Å². The molecule has 12 nitrogen and oxygen atoms in total. The van der Waals surface area contributed by atoms with Crippen LogP contribution in [-0.4, -0.2) is 97.5 Å². The van der Waals surface area contributed by atoms with E-state index < -0.39 is 59.8 Å². The maximum absolute atomic E-state index is 12.9. The SMILES string of the molecule is CCCC/C=C\C/C=C\CCCCCCCC(=O)OC(COCCCCCCCCCCCC/C=C\CCCCCCCCCC)COC1OC(CO)C(O)C(OS(=O)(=O)O)C1O. The zero-order valence-electron chi connectivity index (χ0n) is 39.6. The van der Waals surface area contributed by atoms with E-state index in [0.29, 0.717) is 13.0 Å². The molecule has 0 aliphatic carbocycles. The molecule has 0 bridgehead atoms. The highest BCUT2D eigenvalue weighted by atomic mass is 32.3. The van der Waals surface area contributed by atoms with Crippen molar-refractivity contribution in [2.24, 2.45) is 0 Å². The van der Waals surface area contributed by atoms with E-state index in [4.69, 9.17) is 18.9 Å². The number of esters is 1. The zero-order valence-corrected chi connectivity index (χ0v) is 40.5. The van der Waals surface area contributed by atoms with Gasteiger partial charge in [-0.15, -0.1) is 0 Å². The predicted molar refractivity (Wildman–Crippen MR) is 253 cm³/mol. The normalized spacial score (nSPS) is 20.1. The molecule has 0 aromatic heterocycles. The van der Waals surface area contributed by atoms with Crippen molar-refractivity contribution in [2.45, 2.75) is 250 Å². The van der Waals surface area contributed by atoms with E-state index in [-0.39, 0.29) is 19.6 Å². The summed E-state index contributed by atoms with van der Waals surface area (Å²) in [6, 6.07) is 0. The number of aliphatic hydroxyl groups excluding tert-OH is 3. The molecular weight excluding hydrogens is 825 g/mol. The van der Waals surface area contributed by atoms with E-state index in [1.54, 1.807) is 0 Å². The zero-order chi connectivity index (χ0) is 46.1. The fourth-order valence-corrected chi connectivity index (χ4v) is 8.13. The lowest BCUT2D eigenvalue weighted by Crippen LogP contribution is -2.60. The third-order valence-corrected chi connectivity index (χ3v) is 12.0. The van der Waals surface area contributed by atoms with Crippen LogP contribution in [0.15, 0.2) is 36.5 Å². The van der Waals surface area contributed by atoms with Gasteiger partial charge in [0.05, 0.1) is 19.8 Å². The number of ether oxygens (including phenoxy) is 4. The van der Waals surface area contributed by atoms with Gasteiger partial charge in [-0.25, -0.2) is 4.18 Å². The molecule has 1 rings (SSSR count). The van der Waals surface area contributed by atoms with E-state index >= 15 is 0 Å². The minimum Gasteiger partial charge on any atom is -0.457 e. The predicted octanol–water partition coefficient (Wildman–Crippen LogP) is 11.4. The van der Waals surface area contributed by atoms with Gasteiger partial charge in [0.25, 0.3) is 0 Å². The molecule has 13 heteroatoms. The molecule has 0 aromatic rings. The van der Waals surface area contributed by atoms with Gasteiger partial charge in [-0.3, -0.25) is 9.35 Å². The van der Waals surface area contributed by atoms with E-state index in [1.165, 1.54) is 122 Å². The molecule has 1 heterocycles. The summed E-state index contributed by atoms with van der Waals surface area (Å²) in [5.74, 6) is -0.412. The van der Waals surface area contributed by atoms with Gasteiger partial charge >= 0.3 is 16.4 Å². The van der Waals surface area contributed by atoms with Crippen molar-refractivity contribution >= 4 is 16.4 Å². The summed E-state index contributed by atoms with van der Waals surface area (Å²) in [4.78, 5) is 12.9. The van der Waals surface area contributed by atoms with Gasteiger partial charge in [-0.1, -0.05) is 179 Å². The van der Waals surface area contributed by atoms with Crippen molar-refractivity contribution in [3.05, 3.63) is 36.5 Å². The summed E-state index contributed by atoms with van der Waals surface area (Å²) in [6.45, 7) is 3.95. The van der Waals surface area contributed by atoms with Crippen molar-refractivity contribution in [1.29, 1.82) is 0 Å². The minimum atomic E-state index is -5.06. The fourth-order valence-electron chi connectivity index (χ4n) is 7.63. The Hall–Kier alpha value is -1.68. The van der Waals surface area contributed by atoms with Crippen molar-refractivity contribution in [2.75, 3.05) is 26.4 Å². The Morgan fingerprint density at radius 3 is 1.57 bits per heavy atom. The first-order valence-corrected chi connectivity index (χ1v) is 26.6. The van der Waals surface area contributed by atoms with Crippen molar-refractivity contribution < 1.29 is 56.2 Å². The van der Waals surface area contributed by atoms with Crippen molar-refractivity contribution in [3.63, 3.8) is 0 Å². The quantitative estimate of drug-likeness (QED) is 0.0197. The molecule has 0 amide bonds. The molecule has 0 radical (unpaired) electrons. The van der Waals surface area contributed by atoms with E-state index in [2.05, 4.69) is 54.5 Å². The Morgan fingerprint density at radius 1 is 0.603 bits per heavy atom. The monoisotopic (exact) mass is 917 g/mol. The lowest BCUT2D eigenvalue weighted by Gasteiger charge is -2.41. The molecular formula is C50H92O12S. The van der Waals surface area contributed by atoms with Crippen LogP contribution in [0.25, 0.3) is 0 Å². The molecule has 1 fully saturated rings. The van der Waals surface area contributed by atoms with Crippen LogP contribution in [0, 0.1) is 0 Å². The molecule has 63 heavy (non-hydrogen) atoms. The van der Waals surface area contributed by atoms with Gasteiger partial charge in [0.1, 0.15) is 30.5 Å².